The highest BCUT2D eigenvalue weighted by atomic mass is 16.7. The molecule has 4 nitrogen and oxygen atoms in total. The number of ketones is 1. The van der Waals surface area contributed by atoms with E-state index in [1.165, 1.54) is 0 Å². The Kier molecular flexibility index (Phi) is 3.48. The van der Waals surface area contributed by atoms with Crippen LogP contribution in [-0.4, -0.2) is 12.6 Å². The van der Waals surface area contributed by atoms with Crippen molar-refractivity contribution in [2.75, 3.05) is 6.79 Å². The van der Waals surface area contributed by atoms with Crippen LogP contribution >= 0.6 is 0 Å². The van der Waals surface area contributed by atoms with E-state index in [1.807, 2.05) is 20.8 Å². The summed E-state index contributed by atoms with van der Waals surface area (Å²) in [5.74, 6) is 0.434. The maximum atomic E-state index is 12.4. The lowest BCUT2D eigenvalue weighted by molar-refractivity contribution is -0.127. The Labute approximate surface area is 112 Å². The predicted molar refractivity (Wildman–Crippen MR) is 70.0 cm³/mol. The van der Waals surface area contributed by atoms with E-state index in [0.717, 1.165) is 0 Å². The van der Waals surface area contributed by atoms with Crippen LogP contribution in [0.2, 0.25) is 0 Å². The van der Waals surface area contributed by atoms with Crippen LogP contribution in [0.3, 0.4) is 0 Å². The Morgan fingerprint density at radius 1 is 1.42 bits per heavy atom. The summed E-state index contributed by atoms with van der Waals surface area (Å²) in [5, 5.41) is 9.31. The lowest BCUT2D eigenvalue weighted by atomic mass is 9.77. The summed E-state index contributed by atoms with van der Waals surface area (Å²) in [6, 6.07) is 7.33. The van der Waals surface area contributed by atoms with Crippen LogP contribution in [0, 0.1) is 16.7 Å². The third-order valence-electron chi connectivity index (χ3n) is 3.67. The third-order valence-corrected chi connectivity index (χ3v) is 3.67. The zero-order valence-corrected chi connectivity index (χ0v) is 11.4. The molecule has 0 fully saturated rings. The number of carbonyl (C=O) groups is 1. The van der Waals surface area contributed by atoms with Crippen LogP contribution < -0.4 is 9.47 Å². The molecular formula is C15H17NO3. The van der Waals surface area contributed by atoms with Gasteiger partial charge in [-0.3, -0.25) is 4.79 Å². The summed E-state index contributed by atoms with van der Waals surface area (Å²) in [7, 11) is 0. The van der Waals surface area contributed by atoms with E-state index < -0.39 is 11.3 Å². The molecule has 1 aliphatic heterocycles. The molecule has 0 aliphatic carbocycles. The molecule has 1 unspecified atom stereocenters. The molecule has 1 atom stereocenters. The second-order valence-corrected chi connectivity index (χ2v) is 5.28. The molecule has 0 saturated carbocycles. The largest absolute Gasteiger partial charge is 0.454 e. The van der Waals surface area contributed by atoms with Gasteiger partial charge in [-0.05, 0) is 24.1 Å². The molecule has 2 rings (SSSR count). The van der Waals surface area contributed by atoms with E-state index in [-0.39, 0.29) is 12.6 Å². The van der Waals surface area contributed by atoms with Crippen LogP contribution in [0.1, 0.15) is 38.7 Å². The number of hydrogen-bond acceptors (Lipinski definition) is 4. The highest BCUT2D eigenvalue weighted by Crippen LogP contribution is 2.37. The number of benzene rings is 1. The van der Waals surface area contributed by atoms with Gasteiger partial charge >= 0.3 is 0 Å². The molecule has 19 heavy (non-hydrogen) atoms. The number of hydrogen-bond donors (Lipinski definition) is 0. The Hall–Kier alpha value is -2.02. The number of rotatable bonds is 4. The highest BCUT2D eigenvalue weighted by Gasteiger charge is 2.33. The molecule has 1 heterocycles. The van der Waals surface area contributed by atoms with Crippen molar-refractivity contribution in [3.8, 4) is 17.6 Å². The molecule has 0 amide bonds. The Balaban J connectivity index is 2.33. The molecule has 0 aromatic heterocycles. The lowest BCUT2D eigenvalue weighted by Crippen LogP contribution is -2.28. The number of Topliss-reactive ketones (excluding diaryl/α,β-unsaturated/α-hetero) is 1. The first kappa shape index (κ1) is 13.4. The standard InChI is InChI=1S/C15H17NO3/c1-4-15(2,3)14(17)11(8-16)10-5-6-12-13(7-10)19-9-18-12/h5-7,11H,4,9H2,1-3H3. The second-order valence-electron chi connectivity index (χ2n) is 5.28. The van der Waals surface area contributed by atoms with Crippen LogP contribution in [0.25, 0.3) is 0 Å². The number of nitrogens with zero attached hydrogens (tertiary/aromatic N) is 1. The maximum absolute atomic E-state index is 12.4. The number of ether oxygens (including phenoxy) is 2. The highest BCUT2D eigenvalue weighted by molar-refractivity contribution is 5.92. The SMILES string of the molecule is CCC(C)(C)C(=O)C(C#N)c1ccc2c(c1)OCO2. The Morgan fingerprint density at radius 3 is 2.74 bits per heavy atom. The predicted octanol–water partition coefficient (Wildman–Crippen LogP) is 3.03. The smallest absolute Gasteiger partial charge is 0.231 e. The normalized spacial score (nSPS) is 14.8. The first-order valence-electron chi connectivity index (χ1n) is 6.33. The molecule has 0 spiro atoms. The number of carbonyl (C=O) groups excluding carboxylic acids is 1. The Bertz CT molecular complexity index is 543. The van der Waals surface area contributed by atoms with Crippen LogP contribution in [-0.2, 0) is 4.79 Å². The molecule has 1 aliphatic rings. The molecule has 0 saturated heterocycles. The van der Waals surface area contributed by atoms with Gasteiger partial charge in [0.2, 0.25) is 6.79 Å². The molecular weight excluding hydrogens is 242 g/mol. The van der Waals surface area contributed by atoms with Crippen LogP contribution in [0.4, 0.5) is 0 Å². The van der Waals surface area contributed by atoms with E-state index >= 15 is 0 Å². The third kappa shape index (κ3) is 2.41. The quantitative estimate of drug-likeness (QED) is 0.833. The number of nitriles is 1. The van der Waals surface area contributed by atoms with Gasteiger partial charge < -0.3 is 9.47 Å². The first-order chi connectivity index (χ1) is 8.99. The monoisotopic (exact) mass is 259 g/mol. The molecule has 0 radical (unpaired) electrons. The average molecular weight is 259 g/mol. The van der Waals surface area contributed by atoms with E-state index in [0.29, 0.717) is 23.5 Å². The van der Waals surface area contributed by atoms with Crippen molar-refractivity contribution in [3.63, 3.8) is 0 Å². The van der Waals surface area contributed by atoms with Gasteiger partial charge in [0, 0.05) is 5.41 Å². The van der Waals surface area contributed by atoms with Crippen LogP contribution in [0.5, 0.6) is 11.5 Å². The molecule has 0 bridgehead atoms. The van der Waals surface area contributed by atoms with Crippen molar-refractivity contribution in [1.29, 1.82) is 5.26 Å². The van der Waals surface area contributed by atoms with E-state index in [9.17, 15) is 10.1 Å². The number of fused-ring (bicyclic) bond motifs is 1. The summed E-state index contributed by atoms with van der Waals surface area (Å²) in [6.45, 7) is 5.87. The fourth-order valence-electron chi connectivity index (χ4n) is 1.94. The first-order valence-corrected chi connectivity index (χ1v) is 6.33. The summed E-state index contributed by atoms with van der Waals surface area (Å²) in [6.07, 6.45) is 0.703. The maximum Gasteiger partial charge on any atom is 0.231 e. The van der Waals surface area contributed by atoms with Gasteiger partial charge in [-0.15, -0.1) is 0 Å². The van der Waals surface area contributed by atoms with Gasteiger partial charge in [0.1, 0.15) is 5.92 Å². The molecule has 4 heteroatoms. The van der Waals surface area contributed by atoms with Gasteiger partial charge in [0.05, 0.1) is 6.07 Å². The summed E-state index contributed by atoms with van der Waals surface area (Å²) in [5.41, 5.74) is 0.162. The minimum atomic E-state index is -0.760. The minimum Gasteiger partial charge on any atom is -0.454 e. The van der Waals surface area contributed by atoms with Crippen molar-refractivity contribution in [2.45, 2.75) is 33.1 Å². The molecule has 1 aromatic rings. The van der Waals surface area contributed by atoms with Crippen molar-refractivity contribution in [3.05, 3.63) is 23.8 Å². The topological polar surface area (TPSA) is 59.3 Å². The van der Waals surface area contributed by atoms with Gasteiger partial charge in [-0.2, -0.15) is 5.26 Å². The zero-order valence-electron chi connectivity index (χ0n) is 11.4. The molecule has 1 aromatic carbocycles. The second kappa shape index (κ2) is 4.93. The van der Waals surface area contributed by atoms with Crippen molar-refractivity contribution < 1.29 is 14.3 Å². The van der Waals surface area contributed by atoms with Gasteiger partial charge in [0.15, 0.2) is 17.3 Å². The molecule has 0 N–H and O–H groups in total. The van der Waals surface area contributed by atoms with Crippen molar-refractivity contribution in [2.24, 2.45) is 5.41 Å². The fraction of sp³-hybridized carbons (Fsp3) is 0.467. The summed E-state index contributed by atoms with van der Waals surface area (Å²) in [4.78, 5) is 12.4. The van der Waals surface area contributed by atoms with E-state index in [1.54, 1.807) is 18.2 Å². The zero-order chi connectivity index (χ0) is 14.0. The summed E-state index contributed by atoms with van der Waals surface area (Å²) < 4.78 is 10.5. The summed E-state index contributed by atoms with van der Waals surface area (Å²) >= 11 is 0. The van der Waals surface area contributed by atoms with Crippen LogP contribution in [0.15, 0.2) is 18.2 Å². The minimum absolute atomic E-state index is 0.0589. The lowest BCUT2D eigenvalue weighted by Gasteiger charge is -2.23. The molecule has 100 valence electrons. The van der Waals surface area contributed by atoms with Crippen molar-refractivity contribution in [1.82, 2.24) is 0 Å². The van der Waals surface area contributed by atoms with Gasteiger partial charge in [-0.1, -0.05) is 26.8 Å². The van der Waals surface area contributed by atoms with Gasteiger partial charge in [-0.25, -0.2) is 0 Å². The Morgan fingerprint density at radius 2 is 2.11 bits per heavy atom. The van der Waals surface area contributed by atoms with Gasteiger partial charge in [0.25, 0.3) is 0 Å². The fourth-order valence-corrected chi connectivity index (χ4v) is 1.94. The average Bonchev–Trinajstić information content (AvgIpc) is 2.87. The van der Waals surface area contributed by atoms with Crippen molar-refractivity contribution >= 4 is 5.78 Å². The van der Waals surface area contributed by atoms with E-state index in [4.69, 9.17) is 9.47 Å². The van der Waals surface area contributed by atoms with E-state index in [2.05, 4.69) is 6.07 Å².